The Hall–Kier alpha value is -1.93. The van der Waals surface area contributed by atoms with E-state index >= 15 is 0 Å². The van der Waals surface area contributed by atoms with Gasteiger partial charge in [-0.25, -0.2) is 0 Å². The normalized spacial score (nSPS) is 19.1. The molecule has 2 rings (SSSR count). The van der Waals surface area contributed by atoms with Gasteiger partial charge in [0.2, 0.25) is 0 Å². The summed E-state index contributed by atoms with van der Waals surface area (Å²) in [6.07, 6.45) is 1.45. The maximum absolute atomic E-state index is 10.8. The third-order valence-corrected chi connectivity index (χ3v) is 3.66. The van der Waals surface area contributed by atoms with Crippen molar-refractivity contribution in [2.45, 2.75) is 18.3 Å². The fourth-order valence-electron chi connectivity index (χ4n) is 2.38. The Bertz CT molecular complexity index is 499. The van der Waals surface area contributed by atoms with E-state index in [4.69, 9.17) is 0 Å². The summed E-state index contributed by atoms with van der Waals surface area (Å²) in [5, 5.41) is 20.3. The molecule has 0 atom stereocenters. The first-order valence-electron chi connectivity index (χ1n) is 5.92. The zero-order valence-electron chi connectivity index (χ0n) is 10.3. The van der Waals surface area contributed by atoms with E-state index in [0.29, 0.717) is 0 Å². The highest BCUT2D eigenvalue weighted by Crippen LogP contribution is 2.35. The molecular formula is C13H15N3O2. The first kappa shape index (κ1) is 12.5. The van der Waals surface area contributed by atoms with E-state index < -0.39 is 10.3 Å². The molecule has 1 heterocycles. The lowest BCUT2D eigenvalue weighted by Gasteiger charge is -2.35. The number of hydrogen-bond acceptors (Lipinski definition) is 4. The van der Waals surface area contributed by atoms with Gasteiger partial charge in [-0.1, -0.05) is 12.1 Å². The number of hydrogen-bond donors (Lipinski definition) is 0. The van der Waals surface area contributed by atoms with Crippen LogP contribution in [-0.2, 0) is 5.41 Å². The lowest BCUT2D eigenvalue weighted by molar-refractivity contribution is -0.385. The number of likely N-dealkylation sites (tertiary alicyclic amines) is 1. The van der Waals surface area contributed by atoms with Gasteiger partial charge in [0.15, 0.2) is 0 Å². The molecule has 0 radical (unpaired) electrons. The second-order valence-corrected chi connectivity index (χ2v) is 4.80. The summed E-state index contributed by atoms with van der Waals surface area (Å²) in [5.41, 5.74) is 0.256. The number of rotatable bonds is 2. The van der Waals surface area contributed by atoms with Crippen LogP contribution in [0.2, 0.25) is 0 Å². The molecule has 0 N–H and O–H groups in total. The minimum Gasteiger partial charge on any atom is -0.306 e. The zero-order chi connectivity index (χ0) is 13.2. The third-order valence-electron chi connectivity index (χ3n) is 3.66. The highest BCUT2D eigenvalue weighted by molar-refractivity contribution is 5.42. The summed E-state index contributed by atoms with van der Waals surface area (Å²) in [7, 11) is 2.02. The van der Waals surface area contributed by atoms with Crippen LogP contribution in [0.1, 0.15) is 18.4 Å². The van der Waals surface area contributed by atoms with Crippen molar-refractivity contribution in [2.24, 2.45) is 0 Å². The quantitative estimate of drug-likeness (QED) is 0.590. The van der Waals surface area contributed by atoms with Crippen LogP contribution in [0.15, 0.2) is 24.3 Å². The van der Waals surface area contributed by atoms with E-state index in [9.17, 15) is 15.4 Å². The van der Waals surface area contributed by atoms with Crippen LogP contribution < -0.4 is 0 Å². The van der Waals surface area contributed by atoms with Crippen LogP contribution in [0.25, 0.3) is 0 Å². The van der Waals surface area contributed by atoms with E-state index in [-0.39, 0.29) is 5.69 Å². The maximum Gasteiger partial charge on any atom is 0.269 e. The van der Waals surface area contributed by atoms with Gasteiger partial charge < -0.3 is 4.90 Å². The van der Waals surface area contributed by atoms with Crippen LogP contribution in [0.3, 0.4) is 0 Å². The van der Waals surface area contributed by atoms with Crippen molar-refractivity contribution >= 4 is 5.69 Å². The minimum absolute atomic E-state index is 0.0565. The Labute approximate surface area is 106 Å². The van der Waals surface area contributed by atoms with Crippen molar-refractivity contribution in [1.29, 1.82) is 5.26 Å². The second kappa shape index (κ2) is 4.75. The SMILES string of the molecule is CN1CCC(C#N)(c2cccc([N+](=O)[O-])c2)CC1. The Morgan fingerprint density at radius 3 is 2.67 bits per heavy atom. The van der Waals surface area contributed by atoms with Crippen LogP contribution in [-0.4, -0.2) is 30.0 Å². The highest BCUT2D eigenvalue weighted by atomic mass is 16.6. The number of nitrogens with zero attached hydrogens (tertiary/aromatic N) is 3. The summed E-state index contributed by atoms with van der Waals surface area (Å²) >= 11 is 0. The summed E-state index contributed by atoms with van der Waals surface area (Å²) in [5.74, 6) is 0. The van der Waals surface area contributed by atoms with Crippen molar-refractivity contribution < 1.29 is 4.92 Å². The lowest BCUT2D eigenvalue weighted by Crippen LogP contribution is -2.39. The molecule has 18 heavy (non-hydrogen) atoms. The molecule has 1 aliphatic rings. The summed E-state index contributed by atoms with van der Waals surface area (Å²) in [4.78, 5) is 12.6. The smallest absolute Gasteiger partial charge is 0.269 e. The molecule has 0 bridgehead atoms. The molecule has 0 saturated carbocycles. The highest BCUT2D eigenvalue weighted by Gasteiger charge is 2.36. The monoisotopic (exact) mass is 245 g/mol. The predicted octanol–water partition coefficient (Wildman–Crippen LogP) is 2.08. The number of nitriles is 1. The van der Waals surface area contributed by atoms with Gasteiger partial charge in [-0.05, 0) is 38.5 Å². The first-order chi connectivity index (χ1) is 8.57. The number of piperidine rings is 1. The Morgan fingerprint density at radius 1 is 1.44 bits per heavy atom. The molecule has 94 valence electrons. The van der Waals surface area contributed by atoms with Crippen LogP contribution >= 0.6 is 0 Å². The van der Waals surface area contributed by atoms with Crippen LogP contribution in [0, 0.1) is 21.4 Å². The van der Waals surface area contributed by atoms with Crippen LogP contribution in [0.5, 0.6) is 0 Å². The molecule has 0 unspecified atom stereocenters. The summed E-state index contributed by atoms with van der Waals surface area (Å²) in [6.45, 7) is 1.69. The number of nitro benzene ring substituents is 1. The second-order valence-electron chi connectivity index (χ2n) is 4.80. The van der Waals surface area contributed by atoms with Gasteiger partial charge in [-0.15, -0.1) is 0 Å². The van der Waals surface area contributed by atoms with Gasteiger partial charge >= 0.3 is 0 Å². The van der Waals surface area contributed by atoms with Crippen LogP contribution in [0.4, 0.5) is 5.69 Å². The van der Waals surface area contributed by atoms with E-state index in [0.717, 1.165) is 31.5 Å². The summed E-state index contributed by atoms with van der Waals surface area (Å²) < 4.78 is 0. The van der Waals surface area contributed by atoms with Crippen molar-refractivity contribution in [3.05, 3.63) is 39.9 Å². The number of nitro groups is 1. The Morgan fingerprint density at radius 2 is 2.11 bits per heavy atom. The molecule has 5 heteroatoms. The Kier molecular flexibility index (Phi) is 3.30. The van der Waals surface area contributed by atoms with E-state index in [1.54, 1.807) is 6.07 Å². The largest absolute Gasteiger partial charge is 0.306 e. The van der Waals surface area contributed by atoms with Gasteiger partial charge in [-0.2, -0.15) is 5.26 Å². The topological polar surface area (TPSA) is 70.2 Å². The fraction of sp³-hybridized carbons (Fsp3) is 0.462. The maximum atomic E-state index is 10.8. The van der Waals surface area contributed by atoms with Gasteiger partial charge in [0.1, 0.15) is 0 Å². The molecule has 1 saturated heterocycles. The number of non-ortho nitro benzene ring substituents is 1. The van der Waals surface area contributed by atoms with Crippen molar-refractivity contribution in [1.82, 2.24) is 4.90 Å². The molecule has 1 aromatic carbocycles. The molecule has 0 aromatic heterocycles. The predicted molar refractivity (Wildman–Crippen MR) is 67.1 cm³/mol. The molecule has 5 nitrogen and oxygen atoms in total. The standard InChI is InChI=1S/C13H15N3O2/c1-15-7-5-13(10-14,6-8-15)11-3-2-4-12(9-11)16(17)18/h2-4,9H,5-8H2,1H3. The number of benzene rings is 1. The van der Waals surface area contributed by atoms with Gasteiger partial charge in [0, 0.05) is 12.1 Å². The lowest BCUT2D eigenvalue weighted by atomic mass is 9.74. The molecule has 1 aromatic rings. The summed E-state index contributed by atoms with van der Waals surface area (Å²) in [6, 6.07) is 8.85. The third kappa shape index (κ3) is 2.20. The van der Waals surface area contributed by atoms with Gasteiger partial charge in [0.05, 0.1) is 16.4 Å². The molecule has 0 amide bonds. The van der Waals surface area contributed by atoms with Gasteiger partial charge in [0.25, 0.3) is 5.69 Å². The first-order valence-corrected chi connectivity index (χ1v) is 5.92. The molecule has 1 fully saturated rings. The van der Waals surface area contributed by atoms with Crippen molar-refractivity contribution in [3.8, 4) is 6.07 Å². The average molecular weight is 245 g/mol. The Balaban J connectivity index is 2.36. The minimum atomic E-state index is -0.571. The van der Waals surface area contributed by atoms with Crippen molar-refractivity contribution in [2.75, 3.05) is 20.1 Å². The van der Waals surface area contributed by atoms with E-state index in [1.807, 2.05) is 13.1 Å². The van der Waals surface area contributed by atoms with E-state index in [2.05, 4.69) is 11.0 Å². The van der Waals surface area contributed by atoms with E-state index in [1.165, 1.54) is 12.1 Å². The molecule has 0 spiro atoms. The fourth-order valence-corrected chi connectivity index (χ4v) is 2.38. The van der Waals surface area contributed by atoms with Crippen molar-refractivity contribution in [3.63, 3.8) is 0 Å². The zero-order valence-corrected chi connectivity index (χ0v) is 10.3. The molecular weight excluding hydrogens is 230 g/mol. The molecule has 0 aliphatic carbocycles. The molecule has 1 aliphatic heterocycles. The van der Waals surface area contributed by atoms with Gasteiger partial charge in [-0.3, -0.25) is 10.1 Å². The average Bonchev–Trinajstić information content (AvgIpc) is 2.40.